The van der Waals surface area contributed by atoms with Gasteiger partial charge < -0.3 is 4.57 Å². The third-order valence-corrected chi connectivity index (χ3v) is 3.18. The minimum Gasteiger partial charge on any atom is -0.319 e. The van der Waals surface area contributed by atoms with Gasteiger partial charge in [-0.15, -0.1) is 0 Å². The summed E-state index contributed by atoms with van der Waals surface area (Å²) in [6.07, 6.45) is -0.508. The molecule has 0 bridgehead atoms. The van der Waals surface area contributed by atoms with Crippen molar-refractivity contribution < 1.29 is 18.0 Å². The Morgan fingerprint density at radius 3 is 2.67 bits per heavy atom. The summed E-state index contributed by atoms with van der Waals surface area (Å²) in [5, 5.41) is 0.390. The maximum absolute atomic E-state index is 12.6. The first-order valence-electron chi connectivity index (χ1n) is 5.86. The van der Waals surface area contributed by atoms with E-state index in [4.69, 9.17) is 11.6 Å². The number of halogens is 4. The Morgan fingerprint density at radius 1 is 1.38 bits per heavy atom. The predicted octanol–water partition coefficient (Wildman–Crippen LogP) is 3.99. The molecule has 0 unspecified atom stereocenters. The lowest BCUT2D eigenvalue weighted by atomic mass is 10.1. The smallest absolute Gasteiger partial charge is 0.319 e. The van der Waals surface area contributed by atoms with E-state index < -0.39 is 17.5 Å². The van der Waals surface area contributed by atoms with Gasteiger partial charge in [-0.25, -0.2) is 4.98 Å². The van der Waals surface area contributed by atoms with Crippen LogP contribution in [0, 0.1) is 0 Å². The van der Waals surface area contributed by atoms with Crippen molar-refractivity contribution in [2.45, 2.75) is 6.18 Å². The number of carbonyl (C=O) groups is 1. The normalized spacial score (nSPS) is 12.0. The molecule has 0 N–H and O–H groups in total. The van der Waals surface area contributed by atoms with Gasteiger partial charge in [0.1, 0.15) is 11.0 Å². The molecule has 0 aliphatic carbocycles. The van der Waals surface area contributed by atoms with Gasteiger partial charge in [0.25, 0.3) is 0 Å². The van der Waals surface area contributed by atoms with Crippen molar-refractivity contribution in [3.05, 3.63) is 58.6 Å². The Morgan fingerprint density at radius 2 is 2.10 bits per heavy atom. The number of hydrogen-bond acceptors (Lipinski definition) is 2. The van der Waals surface area contributed by atoms with Crippen molar-refractivity contribution in [2.24, 2.45) is 7.05 Å². The second-order valence-electron chi connectivity index (χ2n) is 4.27. The highest BCUT2D eigenvalue weighted by molar-refractivity contribution is 6.29. The van der Waals surface area contributed by atoms with Crippen LogP contribution in [-0.2, 0) is 13.2 Å². The van der Waals surface area contributed by atoms with Crippen LogP contribution in [0.25, 0.3) is 6.08 Å². The molecule has 0 amide bonds. The number of alkyl halides is 3. The summed E-state index contributed by atoms with van der Waals surface area (Å²) >= 11 is 5.79. The van der Waals surface area contributed by atoms with Crippen LogP contribution in [0.4, 0.5) is 13.2 Å². The van der Waals surface area contributed by atoms with Crippen molar-refractivity contribution in [1.29, 1.82) is 0 Å². The highest BCUT2D eigenvalue weighted by atomic mass is 35.5. The second kappa shape index (κ2) is 5.73. The Hall–Kier alpha value is -2.08. The van der Waals surface area contributed by atoms with Gasteiger partial charge in [-0.05, 0) is 24.3 Å². The summed E-state index contributed by atoms with van der Waals surface area (Å²) in [5.41, 5.74) is -0.900. The first-order valence-corrected chi connectivity index (χ1v) is 6.23. The third kappa shape index (κ3) is 3.52. The van der Waals surface area contributed by atoms with Crippen molar-refractivity contribution in [3.8, 4) is 0 Å². The lowest BCUT2D eigenvalue weighted by Gasteiger charge is -2.07. The highest BCUT2D eigenvalue weighted by Gasteiger charge is 2.30. The molecule has 0 aliphatic heterocycles. The van der Waals surface area contributed by atoms with Gasteiger partial charge in [0.05, 0.1) is 11.8 Å². The minimum absolute atomic E-state index is 0.0404. The molecule has 3 nitrogen and oxygen atoms in total. The fourth-order valence-corrected chi connectivity index (χ4v) is 1.79. The van der Waals surface area contributed by atoms with Crippen LogP contribution in [0.2, 0.25) is 5.15 Å². The zero-order chi connectivity index (χ0) is 15.6. The van der Waals surface area contributed by atoms with Crippen molar-refractivity contribution >= 4 is 23.5 Å². The van der Waals surface area contributed by atoms with E-state index in [2.05, 4.69) is 4.98 Å². The van der Waals surface area contributed by atoms with Gasteiger partial charge in [-0.1, -0.05) is 23.7 Å². The van der Waals surface area contributed by atoms with E-state index >= 15 is 0 Å². The summed E-state index contributed by atoms with van der Waals surface area (Å²) in [6, 6.07) is 4.26. The molecule has 2 aromatic rings. The van der Waals surface area contributed by atoms with Crippen LogP contribution in [0.15, 0.2) is 36.5 Å². The van der Waals surface area contributed by atoms with Crippen LogP contribution in [0.5, 0.6) is 0 Å². The molecule has 0 spiro atoms. The van der Waals surface area contributed by atoms with E-state index in [1.165, 1.54) is 29.0 Å². The average molecular weight is 315 g/mol. The number of allylic oxidation sites excluding steroid dienone is 1. The quantitative estimate of drug-likeness (QED) is 0.634. The van der Waals surface area contributed by atoms with Crippen molar-refractivity contribution in [3.63, 3.8) is 0 Å². The lowest BCUT2D eigenvalue weighted by Crippen LogP contribution is -2.06. The molecule has 7 heteroatoms. The lowest BCUT2D eigenvalue weighted by molar-refractivity contribution is -0.137. The van der Waals surface area contributed by atoms with Gasteiger partial charge in [0, 0.05) is 12.6 Å². The number of aromatic nitrogens is 2. The third-order valence-electron chi connectivity index (χ3n) is 2.83. The van der Waals surface area contributed by atoms with Crippen LogP contribution >= 0.6 is 11.6 Å². The van der Waals surface area contributed by atoms with Crippen molar-refractivity contribution in [2.75, 3.05) is 0 Å². The van der Waals surface area contributed by atoms with E-state index in [-0.39, 0.29) is 5.56 Å². The molecule has 0 aliphatic rings. The van der Waals surface area contributed by atoms with Gasteiger partial charge in [0.2, 0.25) is 0 Å². The number of rotatable bonds is 3. The molecular weight excluding hydrogens is 305 g/mol. The van der Waals surface area contributed by atoms with Gasteiger partial charge in [-0.2, -0.15) is 13.2 Å². The number of imidazole rings is 1. The Labute approximate surface area is 123 Å². The van der Waals surface area contributed by atoms with Gasteiger partial charge >= 0.3 is 6.18 Å². The molecule has 0 atom stereocenters. The standard InChI is InChI=1S/C14H10ClF3N2O/c1-20-12(15)8-19-13(20)6-5-11(21)9-3-2-4-10(7-9)14(16,17)18/h2-8H,1H3/b6-5+. The molecule has 0 fully saturated rings. The number of carbonyl (C=O) groups excluding carboxylic acids is 1. The Bertz CT molecular complexity index is 704. The number of nitrogens with zero attached hydrogens (tertiary/aromatic N) is 2. The summed E-state index contributed by atoms with van der Waals surface area (Å²) in [4.78, 5) is 15.8. The molecule has 2 rings (SSSR count). The summed E-state index contributed by atoms with van der Waals surface area (Å²) < 4.78 is 39.3. The van der Waals surface area contributed by atoms with Gasteiger partial charge in [0.15, 0.2) is 5.78 Å². The topological polar surface area (TPSA) is 34.9 Å². The van der Waals surface area contributed by atoms with Crippen LogP contribution in [0.3, 0.4) is 0 Å². The summed E-state index contributed by atoms with van der Waals surface area (Å²) in [7, 11) is 1.66. The van der Waals surface area contributed by atoms with E-state index in [1.807, 2.05) is 0 Å². The van der Waals surface area contributed by atoms with Crippen LogP contribution < -0.4 is 0 Å². The maximum Gasteiger partial charge on any atom is 0.416 e. The summed E-state index contributed by atoms with van der Waals surface area (Å²) in [5.74, 6) is -0.111. The first-order chi connectivity index (χ1) is 9.79. The monoisotopic (exact) mass is 314 g/mol. The number of hydrogen-bond donors (Lipinski definition) is 0. The molecular formula is C14H10ClF3N2O. The first kappa shape index (κ1) is 15.3. The van der Waals surface area contributed by atoms with Crippen LogP contribution in [-0.4, -0.2) is 15.3 Å². The van der Waals surface area contributed by atoms with E-state index in [1.54, 1.807) is 7.05 Å². The maximum atomic E-state index is 12.6. The predicted molar refractivity (Wildman–Crippen MR) is 73.0 cm³/mol. The zero-order valence-electron chi connectivity index (χ0n) is 10.9. The number of ketones is 1. The molecule has 1 heterocycles. The second-order valence-corrected chi connectivity index (χ2v) is 4.66. The van der Waals surface area contributed by atoms with Crippen molar-refractivity contribution in [1.82, 2.24) is 9.55 Å². The molecule has 0 saturated heterocycles. The fourth-order valence-electron chi connectivity index (χ4n) is 1.65. The Kier molecular flexibility index (Phi) is 4.18. The zero-order valence-corrected chi connectivity index (χ0v) is 11.6. The average Bonchev–Trinajstić information content (AvgIpc) is 2.75. The fraction of sp³-hybridized carbons (Fsp3) is 0.143. The molecule has 110 valence electrons. The molecule has 21 heavy (non-hydrogen) atoms. The molecule has 0 saturated carbocycles. The highest BCUT2D eigenvalue weighted by Crippen LogP contribution is 2.29. The minimum atomic E-state index is -4.48. The molecule has 0 radical (unpaired) electrons. The van der Waals surface area contributed by atoms with E-state index in [0.29, 0.717) is 11.0 Å². The molecule has 1 aromatic heterocycles. The summed E-state index contributed by atoms with van der Waals surface area (Å²) in [6.45, 7) is 0. The Balaban J connectivity index is 2.23. The van der Waals surface area contributed by atoms with E-state index in [0.717, 1.165) is 18.2 Å². The number of benzene rings is 1. The van der Waals surface area contributed by atoms with Gasteiger partial charge in [-0.3, -0.25) is 4.79 Å². The van der Waals surface area contributed by atoms with E-state index in [9.17, 15) is 18.0 Å². The molecule has 1 aromatic carbocycles. The van der Waals surface area contributed by atoms with Crippen LogP contribution in [0.1, 0.15) is 21.7 Å². The SMILES string of the molecule is Cn1c(Cl)cnc1/C=C/C(=O)c1cccc(C(F)(F)F)c1. The largest absolute Gasteiger partial charge is 0.416 e.